The zero-order valence-electron chi connectivity index (χ0n) is 8.25. The summed E-state index contributed by atoms with van der Waals surface area (Å²) in [6.45, 7) is 3.22. The van der Waals surface area contributed by atoms with Gasteiger partial charge in [0.1, 0.15) is 11.4 Å². The fraction of sp³-hybridized carbons (Fsp3) is 0.364. The fourth-order valence-corrected chi connectivity index (χ4v) is 1.26. The third-order valence-corrected chi connectivity index (χ3v) is 2.11. The van der Waals surface area contributed by atoms with Crippen molar-refractivity contribution < 1.29 is 14.3 Å². The summed E-state index contributed by atoms with van der Waals surface area (Å²) >= 11 is 0. The molecule has 0 amide bonds. The van der Waals surface area contributed by atoms with Crippen molar-refractivity contribution in [1.29, 1.82) is 0 Å². The van der Waals surface area contributed by atoms with E-state index < -0.39 is 5.60 Å². The number of hydrogen-bond acceptors (Lipinski definition) is 2. The highest BCUT2D eigenvalue weighted by molar-refractivity contribution is 5.62. The van der Waals surface area contributed by atoms with Crippen molar-refractivity contribution in [3.05, 3.63) is 35.1 Å². The van der Waals surface area contributed by atoms with Crippen LogP contribution in [-0.4, -0.2) is 17.0 Å². The monoisotopic (exact) mass is 196 g/mol. The molecular formula is C11H13FO2. The predicted molar refractivity (Wildman–Crippen MR) is 51.5 cm³/mol. The average molecular weight is 196 g/mol. The summed E-state index contributed by atoms with van der Waals surface area (Å²) < 4.78 is 12.9. The number of aldehydes is 1. The lowest BCUT2D eigenvalue weighted by atomic mass is 9.95. The fourth-order valence-electron chi connectivity index (χ4n) is 1.26. The summed E-state index contributed by atoms with van der Waals surface area (Å²) in [4.78, 5) is 10.5. The van der Waals surface area contributed by atoms with Gasteiger partial charge in [0, 0.05) is 6.42 Å². The molecule has 1 unspecified atom stereocenters. The van der Waals surface area contributed by atoms with Crippen molar-refractivity contribution in [3.63, 3.8) is 0 Å². The van der Waals surface area contributed by atoms with Crippen LogP contribution >= 0.6 is 0 Å². The van der Waals surface area contributed by atoms with Crippen molar-refractivity contribution in [2.75, 3.05) is 0 Å². The van der Waals surface area contributed by atoms with Crippen LogP contribution in [0.2, 0.25) is 0 Å². The Morgan fingerprint density at radius 2 is 2.21 bits per heavy atom. The Hall–Kier alpha value is -1.22. The first-order valence-corrected chi connectivity index (χ1v) is 4.38. The molecule has 3 heteroatoms. The third-order valence-electron chi connectivity index (χ3n) is 2.11. The lowest BCUT2D eigenvalue weighted by Crippen LogP contribution is -2.29. The highest BCUT2D eigenvalue weighted by Crippen LogP contribution is 2.16. The van der Waals surface area contributed by atoms with Crippen molar-refractivity contribution in [2.45, 2.75) is 25.9 Å². The molecule has 0 bridgehead atoms. The molecule has 1 rings (SSSR count). The molecule has 1 aromatic rings. The van der Waals surface area contributed by atoms with Crippen molar-refractivity contribution in [3.8, 4) is 0 Å². The van der Waals surface area contributed by atoms with Crippen LogP contribution in [0.1, 0.15) is 18.1 Å². The molecule has 1 N–H and O–H groups in total. The Morgan fingerprint density at radius 1 is 1.57 bits per heavy atom. The number of hydrogen-bond donors (Lipinski definition) is 1. The summed E-state index contributed by atoms with van der Waals surface area (Å²) in [7, 11) is 0. The maximum absolute atomic E-state index is 12.9. The van der Waals surface area contributed by atoms with Crippen LogP contribution in [0.5, 0.6) is 0 Å². The van der Waals surface area contributed by atoms with Crippen molar-refractivity contribution in [1.82, 2.24) is 0 Å². The van der Waals surface area contributed by atoms with Gasteiger partial charge >= 0.3 is 0 Å². The summed E-state index contributed by atoms with van der Waals surface area (Å²) in [6.07, 6.45) is 0.609. The second-order valence-corrected chi connectivity index (χ2v) is 3.72. The standard InChI is InChI=1S/C11H13FO2/c1-8-3-4-10(12)5-9(8)6-11(2,14)7-13/h3-5,7,14H,6H2,1-2H3. The van der Waals surface area contributed by atoms with Gasteiger partial charge in [0.2, 0.25) is 0 Å². The zero-order valence-corrected chi connectivity index (χ0v) is 8.25. The van der Waals surface area contributed by atoms with Crippen LogP contribution in [0.3, 0.4) is 0 Å². The van der Waals surface area contributed by atoms with Gasteiger partial charge in [0.05, 0.1) is 0 Å². The van der Waals surface area contributed by atoms with E-state index in [1.807, 2.05) is 6.92 Å². The van der Waals surface area contributed by atoms with E-state index in [0.29, 0.717) is 11.8 Å². The van der Waals surface area contributed by atoms with Gasteiger partial charge in [-0.05, 0) is 37.1 Å². The topological polar surface area (TPSA) is 37.3 Å². The number of aryl methyl sites for hydroxylation is 1. The molecule has 0 spiro atoms. The number of rotatable bonds is 3. The Morgan fingerprint density at radius 3 is 2.79 bits per heavy atom. The molecule has 14 heavy (non-hydrogen) atoms. The van der Waals surface area contributed by atoms with Gasteiger partial charge in [-0.2, -0.15) is 0 Å². The normalized spacial score (nSPS) is 14.9. The third kappa shape index (κ3) is 2.64. The minimum Gasteiger partial charge on any atom is -0.382 e. The van der Waals surface area contributed by atoms with E-state index in [4.69, 9.17) is 0 Å². The first-order chi connectivity index (χ1) is 6.44. The molecule has 1 atom stereocenters. The molecule has 0 aliphatic rings. The molecule has 0 radical (unpaired) electrons. The molecule has 1 aromatic carbocycles. The maximum atomic E-state index is 12.9. The van der Waals surface area contributed by atoms with Gasteiger partial charge < -0.3 is 9.90 Å². The minimum atomic E-state index is -1.42. The largest absolute Gasteiger partial charge is 0.382 e. The Labute approximate surface area is 82.4 Å². The smallest absolute Gasteiger partial charge is 0.151 e. The number of benzene rings is 1. The van der Waals surface area contributed by atoms with Crippen molar-refractivity contribution in [2.24, 2.45) is 0 Å². The summed E-state index contributed by atoms with van der Waals surface area (Å²) in [5.74, 6) is -0.354. The van der Waals surface area contributed by atoms with E-state index in [2.05, 4.69) is 0 Å². The minimum absolute atomic E-state index is 0.139. The number of carbonyl (C=O) groups is 1. The van der Waals surface area contributed by atoms with Crippen LogP contribution in [0, 0.1) is 12.7 Å². The molecule has 76 valence electrons. The van der Waals surface area contributed by atoms with E-state index in [1.54, 1.807) is 6.07 Å². The molecule has 0 fully saturated rings. The second kappa shape index (κ2) is 3.88. The first kappa shape index (κ1) is 10.9. The molecule has 0 heterocycles. The summed E-state index contributed by atoms with van der Waals surface area (Å²) in [5, 5.41) is 9.50. The van der Waals surface area contributed by atoms with E-state index in [1.165, 1.54) is 19.1 Å². The lowest BCUT2D eigenvalue weighted by Gasteiger charge is -2.16. The quantitative estimate of drug-likeness (QED) is 0.746. The summed E-state index contributed by atoms with van der Waals surface area (Å²) in [6, 6.07) is 4.33. The number of aliphatic hydroxyl groups is 1. The number of carbonyl (C=O) groups excluding carboxylic acids is 1. The average Bonchev–Trinajstić information content (AvgIpc) is 2.11. The molecule has 0 saturated heterocycles. The van der Waals surface area contributed by atoms with Gasteiger partial charge in [-0.15, -0.1) is 0 Å². The molecule has 2 nitrogen and oxygen atoms in total. The van der Waals surface area contributed by atoms with Crippen LogP contribution in [-0.2, 0) is 11.2 Å². The Kier molecular flexibility index (Phi) is 3.01. The second-order valence-electron chi connectivity index (χ2n) is 3.72. The van der Waals surface area contributed by atoms with Crippen LogP contribution in [0.4, 0.5) is 4.39 Å². The molecule has 0 saturated carbocycles. The van der Waals surface area contributed by atoms with Gasteiger partial charge in [0.25, 0.3) is 0 Å². The van der Waals surface area contributed by atoms with Crippen molar-refractivity contribution >= 4 is 6.29 Å². The van der Waals surface area contributed by atoms with Gasteiger partial charge in [-0.25, -0.2) is 4.39 Å². The van der Waals surface area contributed by atoms with Gasteiger partial charge in [-0.1, -0.05) is 6.07 Å². The van der Waals surface area contributed by atoms with Crippen LogP contribution < -0.4 is 0 Å². The highest BCUT2D eigenvalue weighted by atomic mass is 19.1. The van der Waals surface area contributed by atoms with E-state index in [-0.39, 0.29) is 12.2 Å². The molecule has 0 aliphatic carbocycles. The SMILES string of the molecule is Cc1ccc(F)cc1CC(C)(O)C=O. The van der Waals surface area contributed by atoms with E-state index >= 15 is 0 Å². The molecule has 0 aromatic heterocycles. The molecular weight excluding hydrogens is 183 g/mol. The van der Waals surface area contributed by atoms with E-state index in [0.717, 1.165) is 5.56 Å². The van der Waals surface area contributed by atoms with Crippen LogP contribution in [0.25, 0.3) is 0 Å². The van der Waals surface area contributed by atoms with Crippen LogP contribution in [0.15, 0.2) is 18.2 Å². The van der Waals surface area contributed by atoms with Gasteiger partial charge in [0.15, 0.2) is 6.29 Å². The Balaban J connectivity index is 2.96. The lowest BCUT2D eigenvalue weighted by molar-refractivity contribution is -0.122. The van der Waals surface area contributed by atoms with E-state index in [9.17, 15) is 14.3 Å². The first-order valence-electron chi connectivity index (χ1n) is 4.38. The van der Waals surface area contributed by atoms with Gasteiger partial charge in [-0.3, -0.25) is 0 Å². The highest BCUT2D eigenvalue weighted by Gasteiger charge is 2.20. The maximum Gasteiger partial charge on any atom is 0.151 e. The molecule has 0 aliphatic heterocycles. The predicted octanol–water partition coefficient (Wildman–Crippen LogP) is 1.63. The summed E-state index contributed by atoms with van der Waals surface area (Å²) in [5.41, 5.74) is 0.106. The Bertz CT molecular complexity index is 345. The zero-order chi connectivity index (χ0) is 10.8. The number of halogens is 1.